The van der Waals surface area contributed by atoms with Crippen molar-refractivity contribution in [1.82, 2.24) is 0 Å². The molecule has 0 bridgehead atoms. The van der Waals surface area contributed by atoms with E-state index in [9.17, 15) is 9.59 Å². The Morgan fingerprint density at radius 1 is 1.11 bits per heavy atom. The van der Waals surface area contributed by atoms with Crippen LogP contribution in [0.3, 0.4) is 0 Å². The molecule has 7 nitrogen and oxygen atoms in total. The van der Waals surface area contributed by atoms with Gasteiger partial charge in [0.2, 0.25) is 0 Å². The van der Waals surface area contributed by atoms with Crippen molar-refractivity contribution in [1.29, 1.82) is 0 Å². The molecule has 3 aliphatic carbocycles. The summed E-state index contributed by atoms with van der Waals surface area (Å²) in [6, 6.07) is 0. The van der Waals surface area contributed by atoms with E-state index in [0.29, 0.717) is 19.4 Å². The zero-order valence-electron chi connectivity index (χ0n) is 21.4. The second-order valence-electron chi connectivity index (χ2n) is 12.5. The van der Waals surface area contributed by atoms with Gasteiger partial charge < -0.3 is 23.7 Å². The number of hydrogen-bond acceptors (Lipinski definition) is 7. The lowest BCUT2D eigenvalue weighted by Gasteiger charge is -2.53. The third-order valence-corrected chi connectivity index (χ3v) is 10.8. The molecule has 2 spiro atoms. The molecule has 0 aromatic rings. The quantitative estimate of drug-likeness (QED) is 0.291. The van der Waals surface area contributed by atoms with Crippen LogP contribution in [0.15, 0.2) is 11.1 Å². The van der Waals surface area contributed by atoms with Crippen LogP contribution in [0.1, 0.15) is 85.5 Å². The maximum atomic E-state index is 13.1. The molecule has 192 valence electrons. The SMILES string of the molecule is CCCCCCCC(=O)O[C@@H]1[C@@]2(C(C)C)O[C@H]2[C@@H]2O[C@]23[C@]12O[C@H]2C[C@H]1C2=C(CC[C@@]13C)C(=O)OC2. The number of rotatable bonds is 8. The van der Waals surface area contributed by atoms with Crippen molar-refractivity contribution in [3.63, 3.8) is 0 Å². The van der Waals surface area contributed by atoms with Crippen LogP contribution in [0, 0.1) is 17.3 Å². The molecule has 0 aromatic heterocycles. The summed E-state index contributed by atoms with van der Waals surface area (Å²) in [6.45, 7) is 9.20. The van der Waals surface area contributed by atoms with Crippen molar-refractivity contribution in [2.24, 2.45) is 17.3 Å². The molecule has 35 heavy (non-hydrogen) atoms. The zero-order valence-corrected chi connectivity index (χ0v) is 21.4. The van der Waals surface area contributed by atoms with Crippen molar-refractivity contribution in [2.45, 2.75) is 127 Å². The van der Waals surface area contributed by atoms with Gasteiger partial charge in [-0.1, -0.05) is 53.4 Å². The predicted octanol–water partition coefficient (Wildman–Crippen LogP) is 4.01. The molecule has 0 amide bonds. The van der Waals surface area contributed by atoms with E-state index in [2.05, 4.69) is 27.7 Å². The minimum atomic E-state index is -0.653. The molecular formula is C28H38O7. The monoisotopic (exact) mass is 486 g/mol. The van der Waals surface area contributed by atoms with Crippen molar-refractivity contribution in [3.05, 3.63) is 11.1 Å². The summed E-state index contributed by atoms with van der Waals surface area (Å²) >= 11 is 0. The Morgan fingerprint density at radius 2 is 1.91 bits per heavy atom. The largest absolute Gasteiger partial charge is 0.458 e. The molecule has 7 rings (SSSR count). The first kappa shape index (κ1) is 22.7. The van der Waals surface area contributed by atoms with Gasteiger partial charge in [0.15, 0.2) is 11.7 Å². The number of carbonyl (C=O) groups is 2. The lowest BCUT2D eigenvalue weighted by Crippen LogP contribution is -2.70. The maximum Gasteiger partial charge on any atom is 0.334 e. The minimum Gasteiger partial charge on any atom is -0.458 e. The zero-order chi connectivity index (χ0) is 24.4. The van der Waals surface area contributed by atoms with Gasteiger partial charge in [-0.25, -0.2) is 4.79 Å². The topological polar surface area (TPSA) is 90.2 Å². The van der Waals surface area contributed by atoms with E-state index >= 15 is 0 Å². The lowest BCUT2D eigenvalue weighted by atomic mass is 9.46. The standard InChI is InChI=1S/C28H38O7/c1-5-6-7-8-9-10-20(29)32-24-26(15(2)3)21(34-26)22-28(35-22)25(4)12-11-16-17(14-31-23(16)30)18(25)13-19-27(24,28)33-19/h15,18-19,21-22,24H,5-14H2,1-4H3/t18-,19-,21-,22-,24+,25-,26-,27+,28+/m0/s1. The number of cyclic esters (lactones) is 1. The number of hydrogen-bond donors (Lipinski definition) is 0. The lowest BCUT2D eigenvalue weighted by molar-refractivity contribution is -0.169. The Bertz CT molecular complexity index is 1020. The molecule has 2 saturated carbocycles. The number of epoxide rings is 3. The highest BCUT2D eigenvalue weighted by Gasteiger charge is 3.01. The summed E-state index contributed by atoms with van der Waals surface area (Å²) in [5, 5.41) is 0. The van der Waals surface area contributed by atoms with Gasteiger partial charge in [-0.15, -0.1) is 0 Å². The van der Waals surface area contributed by atoms with Gasteiger partial charge in [-0.3, -0.25) is 4.79 Å². The fourth-order valence-corrected chi connectivity index (χ4v) is 8.91. The first-order chi connectivity index (χ1) is 16.8. The molecule has 3 saturated heterocycles. The van der Waals surface area contributed by atoms with Crippen LogP contribution in [0.5, 0.6) is 0 Å². The normalized spacial score (nSPS) is 49.7. The van der Waals surface area contributed by atoms with Crippen molar-refractivity contribution >= 4 is 11.9 Å². The highest BCUT2D eigenvalue weighted by Crippen LogP contribution is 2.83. The number of ether oxygens (including phenoxy) is 5. The van der Waals surface area contributed by atoms with Crippen molar-refractivity contribution in [2.75, 3.05) is 6.61 Å². The molecule has 7 heteroatoms. The summed E-state index contributed by atoms with van der Waals surface area (Å²) in [5.41, 5.74) is 0.0802. The average Bonchev–Trinajstić information content (AvgIpc) is 3.72. The Balaban J connectivity index is 1.21. The minimum absolute atomic E-state index is 0.0492. The molecule has 0 aromatic carbocycles. The molecule has 0 unspecified atom stereocenters. The average molecular weight is 487 g/mol. The molecule has 5 fully saturated rings. The van der Waals surface area contributed by atoms with E-state index < -0.39 is 22.9 Å². The van der Waals surface area contributed by atoms with Gasteiger partial charge in [0.1, 0.15) is 30.0 Å². The van der Waals surface area contributed by atoms with E-state index in [4.69, 9.17) is 23.7 Å². The number of fused-ring (bicyclic) bond motifs is 4. The summed E-state index contributed by atoms with van der Waals surface area (Å²) in [6.07, 6.45) is 7.63. The molecule has 4 aliphatic heterocycles. The Labute approximate surface area is 207 Å². The van der Waals surface area contributed by atoms with Crippen LogP contribution < -0.4 is 0 Å². The number of esters is 2. The van der Waals surface area contributed by atoms with Crippen LogP contribution in [0.25, 0.3) is 0 Å². The van der Waals surface area contributed by atoms with Crippen LogP contribution in [-0.4, -0.2) is 59.8 Å². The van der Waals surface area contributed by atoms with Crippen LogP contribution in [0.2, 0.25) is 0 Å². The Morgan fingerprint density at radius 3 is 2.69 bits per heavy atom. The van der Waals surface area contributed by atoms with Gasteiger partial charge in [0.05, 0.1) is 6.10 Å². The molecule has 4 heterocycles. The molecule has 0 N–H and O–H groups in total. The van der Waals surface area contributed by atoms with E-state index in [1.165, 1.54) is 12.8 Å². The summed E-state index contributed by atoms with van der Waals surface area (Å²) in [7, 11) is 0. The summed E-state index contributed by atoms with van der Waals surface area (Å²) < 4.78 is 31.7. The Kier molecular flexibility index (Phi) is 4.62. The highest BCUT2D eigenvalue weighted by molar-refractivity contribution is 5.92. The highest BCUT2D eigenvalue weighted by atomic mass is 16.8. The van der Waals surface area contributed by atoms with Gasteiger partial charge in [-0.2, -0.15) is 0 Å². The fraction of sp³-hybridized carbons (Fsp3) is 0.857. The number of carbonyl (C=O) groups excluding carboxylic acids is 2. The van der Waals surface area contributed by atoms with Crippen molar-refractivity contribution in [3.8, 4) is 0 Å². The maximum absolute atomic E-state index is 13.1. The number of unbranched alkanes of at least 4 members (excludes halogenated alkanes) is 4. The molecular weight excluding hydrogens is 448 g/mol. The first-order valence-corrected chi connectivity index (χ1v) is 13.9. The molecule has 0 radical (unpaired) electrons. The van der Waals surface area contributed by atoms with Gasteiger partial charge >= 0.3 is 11.9 Å². The fourth-order valence-electron chi connectivity index (χ4n) is 8.91. The van der Waals surface area contributed by atoms with Gasteiger partial charge in [0, 0.05) is 17.4 Å². The predicted molar refractivity (Wildman–Crippen MR) is 124 cm³/mol. The van der Waals surface area contributed by atoms with Gasteiger partial charge in [0.25, 0.3) is 0 Å². The summed E-state index contributed by atoms with van der Waals surface area (Å²) in [4.78, 5) is 25.5. The van der Waals surface area contributed by atoms with E-state index in [0.717, 1.165) is 43.3 Å². The van der Waals surface area contributed by atoms with Gasteiger partial charge in [-0.05, 0) is 43.1 Å². The molecule has 9 atom stereocenters. The second-order valence-corrected chi connectivity index (χ2v) is 12.5. The smallest absolute Gasteiger partial charge is 0.334 e. The van der Waals surface area contributed by atoms with E-state index in [1.807, 2.05) is 0 Å². The molecule has 7 aliphatic rings. The van der Waals surface area contributed by atoms with Crippen molar-refractivity contribution < 1.29 is 33.3 Å². The third-order valence-electron chi connectivity index (χ3n) is 10.8. The van der Waals surface area contributed by atoms with Crippen LogP contribution in [0.4, 0.5) is 0 Å². The Hall–Kier alpha value is -1.44. The summed E-state index contributed by atoms with van der Waals surface area (Å²) in [5.74, 6) is 0.0707. The van der Waals surface area contributed by atoms with Crippen LogP contribution >= 0.6 is 0 Å². The second kappa shape index (κ2) is 7.11. The first-order valence-electron chi connectivity index (χ1n) is 13.9. The van der Waals surface area contributed by atoms with Crippen LogP contribution in [-0.2, 0) is 33.3 Å². The van der Waals surface area contributed by atoms with E-state index in [1.54, 1.807) is 0 Å². The third kappa shape index (κ3) is 2.53. The van der Waals surface area contributed by atoms with E-state index in [-0.39, 0.29) is 47.5 Å².